The van der Waals surface area contributed by atoms with Gasteiger partial charge in [-0.25, -0.2) is 18.7 Å². The zero-order valence-corrected chi connectivity index (χ0v) is 15.7. The molecule has 0 aromatic rings. The summed E-state index contributed by atoms with van der Waals surface area (Å²) in [6, 6.07) is 0. The molecule has 0 fully saturated rings. The lowest BCUT2D eigenvalue weighted by molar-refractivity contribution is -0.0251. The Balaban J connectivity index is 4.41. The molecule has 13 heteroatoms. The second-order valence-electron chi connectivity index (χ2n) is 3.78. The summed E-state index contributed by atoms with van der Waals surface area (Å²) < 4.78 is 61.4. The van der Waals surface area contributed by atoms with Crippen molar-refractivity contribution in [2.24, 2.45) is 0 Å². The van der Waals surface area contributed by atoms with E-state index in [0.717, 1.165) is 0 Å². The summed E-state index contributed by atoms with van der Waals surface area (Å²) in [6.07, 6.45) is 0. The molecule has 0 aromatic heterocycles. The maximum atomic E-state index is 12.1. The number of hydrogen-bond donors (Lipinski definition) is 0. The molecule has 10 nitrogen and oxygen atoms in total. The second kappa shape index (κ2) is 12.1. The normalized spacial score (nSPS) is 13.3. The Morgan fingerprint density at radius 1 is 0.800 bits per heavy atom. The first-order chi connectivity index (χ1) is 11.8. The van der Waals surface area contributed by atoms with Crippen LogP contribution in [0.1, 0.15) is 20.8 Å². The molecule has 0 heterocycles. The van der Waals surface area contributed by atoms with Crippen LogP contribution in [0.25, 0.3) is 0 Å². The van der Waals surface area contributed by atoms with Crippen molar-refractivity contribution in [1.82, 2.24) is 0 Å². The Hall–Kier alpha value is -1.27. The molecule has 0 saturated carbocycles. The van der Waals surface area contributed by atoms with Crippen LogP contribution in [0.2, 0.25) is 0 Å². The summed E-state index contributed by atoms with van der Waals surface area (Å²) >= 11 is 0. The fourth-order valence-electron chi connectivity index (χ4n) is 1.21. The molecule has 0 amide bonds. The van der Waals surface area contributed by atoms with Gasteiger partial charge in [0.15, 0.2) is 13.2 Å². The van der Waals surface area contributed by atoms with Gasteiger partial charge in [0, 0.05) is 0 Å². The molecule has 0 bridgehead atoms. The molecule has 144 valence electrons. The third kappa shape index (κ3) is 8.10. The number of ether oxygens (including phenoxy) is 2. The average molecular weight is 404 g/mol. The van der Waals surface area contributed by atoms with E-state index in [1.54, 1.807) is 0 Å². The number of carbonyl (C=O) groups is 2. The van der Waals surface area contributed by atoms with Crippen molar-refractivity contribution in [2.75, 3.05) is 33.0 Å². The van der Waals surface area contributed by atoms with E-state index in [9.17, 15) is 23.2 Å². The minimum Gasteiger partial charge on any atom is -0.443 e. The standard InChI is InChI=1S/C12H19FO10P2/c1-4-20-24(16,21-5-2)11(14)18-9-7-8-10-19-12(15)25(17,23-13)22-6-3/h4-6,9-10H2,1-3H3. The SMILES string of the molecule is CCOP(=O)(OF)C(=O)OCC#CCOC(=O)P(=O)(OCC)OCC. The molecule has 0 aliphatic carbocycles. The van der Waals surface area contributed by atoms with Crippen LogP contribution in [0.4, 0.5) is 14.1 Å². The lowest BCUT2D eigenvalue weighted by Crippen LogP contribution is -2.09. The van der Waals surface area contributed by atoms with Crippen LogP contribution < -0.4 is 0 Å². The lowest BCUT2D eigenvalue weighted by atomic mass is 10.6. The molecule has 0 N–H and O–H groups in total. The van der Waals surface area contributed by atoms with Gasteiger partial charge in [-0.05, 0) is 25.3 Å². The molecule has 0 spiro atoms. The second-order valence-corrected chi connectivity index (χ2v) is 7.41. The molecule has 0 aliphatic rings. The molecule has 1 atom stereocenters. The van der Waals surface area contributed by atoms with Crippen molar-refractivity contribution in [3.63, 3.8) is 0 Å². The van der Waals surface area contributed by atoms with Gasteiger partial charge in [0.05, 0.1) is 19.8 Å². The van der Waals surface area contributed by atoms with E-state index in [1.165, 1.54) is 20.8 Å². The van der Waals surface area contributed by atoms with Crippen LogP contribution >= 0.6 is 15.2 Å². The smallest absolute Gasteiger partial charge is 0.443 e. The topological polar surface area (TPSA) is 124 Å². The van der Waals surface area contributed by atoms with E-state index < -0.39 is 39.8 Å². The fourth-order valence-corrected chi connectivity index (χ4v) is 3.16. The van der Waals surface area contributed by atoms with Crippen LogP contribution in [0.5, 0.6) is 0 Å². The molecule has 25 heavy (non-hydrogen) atoms. The van der Waals surface area contributed by atoms with Crippen molar-refractivity contribution in [1.29, 1.82) is 0 Å². The highest BCUT2D eigenvalue weighted by Gasteiger charge is 2.38. The minimum atomic E-state index is -4.65. The summed E-state index contributed by atoms with van der Waals surface area (Å²) in [6.45, 7) is 3.04. The van der Waals surface area contributed by atoms with E-state index in [-0.39, 0.29) is 19.8 Å². The van der Waals surface area contributed by atoms with Crippen molar-refractivity contribution in [3.8, 4) is 11.8 Å². The van der Waals surface area contributed by atoms with E-state index in [0.29, 0.717) is 0 Å². The first-order valence-corrected chi connectivity index (χ1v) is 10.1. The van der Waals surface area contributed by atoms with E-state index in [1.807, 2.05) is 0 Å². The number of carbonyl (C=O) groups excluding carboxylic acids is 2. The predicted octanol–water partition coefficient (Wildman–Crippen LogP) is 3.66. The lowest BCUT2D eigenvalue weighted by Gasteiger charge is -2.14. The van der Waals surface area contributed by atoms with E-state index in [2.05, 4.69) is 30.6 Å². The Bertz CT molecular complexity index is 586. The first kappa shape index (κ1) is 23.7. The monoisotopic (exact) mass is 404 g/mol. The Kier molecular flexibility index (Phi) is 11.5. The average Bonchev–Trinajstić information content (AvgIpc) is 2.57. The summed E-state index contributed by atoms with van der Waals surface area (Å²) in [7, 11) is -8.69. The number of hydrogen-bond acceptors (Lipinski definition) is 10. The molecule has 0 aliphatic heterocycles. The van der Waals surface area contributed by atoms with Crippen LogP contribution in [0.15, 0.2) is 0 Å². The minimum absolute atomic E-state index is 0.0233. The van der Waals surface area contributed by atoms with Crippen molar-refractivity contribution < 1.29 is 51.0 Å². The van der Waals surface area contributed by atoms with Gasteiger partial charge in [0.2, 0.25) is 0 Å². The molecule has 0 radical (unpaired) electrons. The number of halogens is 1. The van der Waals surface area contributed by atoms with Gasteiger partial charge in [-0.2, -0.15) is 0 Å². The Morgan fingerprint density at radius 2 is 1.16 bits per heavy atom. The zero-order valence-electron chi connectivity index (χ0n) is 13.9. The number of rotatable bonds is 11. The summed E-state index contributed by atoms with van der Waals surface area (Å²) in [5, 5.41) is 0. The van der Waals surface area contributed by atoms with E-state index in [4.69, 9.17) is 9.05 Å². The molecular weight excluding hydrogens is 385 g/mol. The van der Waals surface area contributed by atoms with Crippen LogP contribution in [0, 0.1) is 11.8 Å². The molecule has 0 rings (SSSR count). The summed E-state index contributed by atoms with van der Waals surface area (Å²) in [5.74, 6) is 4.49. The fraction of sp³-hybridized carbons (Fsp3) is 0.667. The largest absolute Gasteiger partial charge is 0.468 e. The third-order valence-electron chi connectivity index (χ3n) is 2.10. The van der Waals surface area contributed by atoms with Gasteiger partial charge in [0.25, 0.3) is 0 Å². The van der Waals surface area contributed by atoms with Gasteiger partial charge in [-0.15, -0.1) is 0 Å². The highest BCUT2D eigenvalue weighted by atomic mass is 31.2. The first-order valence-electron chi connectivity index (χ1n) is 7.04. The van der Waals surface area contributed by atoms with Crippen molar-refractivity contribution in [3.05, 3.63) is 0 Å². The zero-order chi connectivity index (χ0) is 19.3. The van der Waals surface area contributed by atoms with Gasteiger partial charge in [-0.1, -0.05) is 16.6 Å². The molecular formula is C12H19FO10P2. The predicted molar refractivity (Wildman–Crippen MR) is 82.8 cm³/mol. The van der Waals surface area contributed by atoms with Crippen LogP contribution in [-0.4, -0.2) is 44.5 Å². The Labute approximate surface area is 144 Å². The highest BCUT2D eigenvalue weighted by Crippen LogP contribution is 2.50. The third-order valence-corrected chi connectivity index (χ3v) is 5.22. The van der Waals surface area contributed by atoms with Gasteiger partial charge < -0.3 is 18.5 Å². The maximum absolute atomic E-state index is 12.1. The molecule has 0 aromatic carbocycles. The van der Waals surface area contributed by atoms with Crippen LogP contribution in [-0.2, 0) is 36.9 Å². The molecule has 1 unspecified atom stereocenters. The van der Waals surface area contributed by atoms with E-state index >= 15 is 0 Å². The summed E-state index contributed by atoms with van der Waals surface area (Å²) in [5.41, 5.74) is -2.77. The van der Waals surface area contributed by atoms with Crippen molar-refractivity contribution >= 4 is 26.6 Å². The van der Waals surface area contributed by atoms with Gasteiger partial charge in [0.1, 0.15) is 0 Å². The van der Waals surface area contributed by atoms with Crippen molar-refractivity contribution in [2.45, 2.75) is 20.8 Å². The summed E-state index contributed by atoms with van der Waals surface area (Å²) in [4.78, 5) is 22.9. The molecule has 0 saturated heterocycles. The van der Waals surface area contributed by atoms with Crippen LogP contribution in [0.3, 0.4) is 0 Å². The Morgan fingerprint density at radius 3 is 1.52 bits per heavy atom. The van der Waals surface area contributed by atoms with Gasteiger partial charge >= 0.3 is 26.6 Å². The quantitative estimate of drug-likeness (QED) is 0.372. The maximum Gasteiger partial charge on any atom is 0.468 e. The highest BCUT2D eigenvalue weighted by molar-refractivity contribution is 7.71. The van der Waals surface area contributed by atoms with Gasteiger partial charge in [-0.3, -0.25) is 4.52 Å².